The minimum Gasteiger partial charge on any atom is -0.496 e. The summed E-state index contributed by atoms with van der Waals surface area (Å²) in [6.45, 7) is 7.56. The van der Waals surface area contributed by atoms with Crippen LogP contribution in [0.25, 0.3) is 0 Å². The van der Waals surface area contributed by atoms with E-state index in [1.807, 2.05) is 12.1 Å². The van der Waals surface area contributed by atoms with Crippen molar-refractivity contribution in [2.24, 2.45) is 0 Å². The summed E-state index contributed by atoms with van der Waals surface area (Å²) >= 11 is 0. The first kappa shape index (κ1) is 16.3. The SMILES string of the molecule is CCC1(C)CC(NC(C)Cc2ccccc2OC)CCO1. The lowest BCUT2D eigenvalue weighted by Crippen LogP contribution is -2.48. The van der Waals surface area contributed by atoms with Gasteiger partial charge in [-0.05, 0) is 51.2 Å². The van der Waals surface area contributed by atoms with Gasteiger partial charge < -0.3 is 14.8 Å². The maximum atomic E-state index is 5.92. The molecule has 2 rings (SSSR count). The van der Waals surface area contributed by atoms with Gasteiger partial charge in [-0.3, -0.25) is 0 Å². The Labute approximate surface area is 129 Å². The second kappa shape index (κ2) is 7.28. The zero-order chi connectivity index (χ0) is 15.3. The molecule has 1 saturated heterocycles. The van der Waals surface area contributed by atoms with Crippen molar-refractivity contribution in [2.45, 2.75) is 64.1 Å². The van der Waals surface area contributed by atoms with E-state index in [-0.39, 0.29) is 5.60 Å². The molecule has 0 radical (unpaired) electrons. The van der Waals surface area contributed by atoms with E-state index in [0.29, 0.717) is 12.1 Å². The van der Waals surface area contributed by atoms with Crippen molar-refractivity contribution in [2.75, 3.05) is 13.7 Å². The first-order chi connectivity index (χ1) is 10.1. The minimum atomic E-state index is 0.0417. The Morgan fingerprint density at radius 3 is 2.90 bits per heavy atom. The molecule has 1 fully saturated rings. The normalized spacial score (nSPS) is 27.3. The van der Waals surface area contributed by atoms with Crippen molar-refractivity contribution in [3.05, 3.63) is 29.8 Å². The quantitative estimate of drug-likeness (QED) is 0.869. The van der Waals surface area contributed by atoms with Gasteiger partial charge in [0, 0.05) is 18.7 Å². The van der Waals surface area contributed by atoms with Gasteiger partial charge in [0.25, 0.3) is 0 Å². The summed E-state index contributed by atoms with van der Waals surface area (Å²) in [5.74, 6) is 0.983. The third-order valence-corrected chi connectivity index (χ3v) is 4.58. The molecule has 1 aromatic carbocycles. The molecule has 118 valence electrons. The van der Waals surface area contributed by atoms with Crippen LogP contribution in [0.3, 0.4) is 0 Å². The number of rotatable bonds is 6. The maximum Gasteiger partial charge on any atom is 0.122 e. The van der Waals surface area contributed by atoms with E-state index in [0.717, 1.165) is 38.0 Å². The van der Waals surface area contributed by atoms with Gasteiger partial charge in [0.2, 0.25) is 0 Å². The number of benzene rings is 1. The molecule has 3 heteroatoms. The van der Waals surface area contributed by atoms with Gasteiger partial charge >= 0.3 is 0 Å². The molecule has 3 nitrogen and oxygen atoms in total. The molecule has 0 aromatic heterocycles. The van der Waals surface area contributed by atoms with E-state index in [9.17, 15) is 0 Å². The monoisotopic (exact) mass is 291 g/mol. The van der Waals surface area contributed by atoms with E-state index in [1.54, 1.807) is 7.11 Å². The predicted molar refractivity (Wildman–Crippen MR) is 87.0 cm³/mol. The molecular formula is C18H29NO2. The van der Waals surface area contributed by atoms with Crippen molar-refractivity contribution in [3.8, 4) is 5.75 Å². The Kier molecular flexibility index (Phi) is 5.65. The molecule has 0 amide bonds. The molecule has 1 N–H and O–H groups in total. The fourth-order valence-corrected chi connectivity index (χ4v) is 3.18. The second-order valence-electron chi connectivity index (χ2n) is 6.43. The zero-order valence-electron chi connectivity index (χ0n) is 13.8. The lowest BCUT2D eigenvalue weighted by atomic mass is 9.89. The Bertz CT molecular complexity index is 449. The van der Waals surface area contributed by atoms with Crippen LogP contribution < -0.4 is 10.1 Å². The van der Waals surface area contributed by atoms with E-state index in [2.05, 4.69) is 38.2 Å². The summed E-state index contributed by atoms with van der Waals surface area (Å²) in [5, 5.41) is 3.77. The number of para-hydroxylation sites is 1. The molecule has 1 aliphatic heterocycles. The number of hydrogen-bond acceptors (Lipinski definition) is 3. The highest BCUT2D eigenvalue weighted by Gasteiger charge is 2.31. The molecule has 1 aliphatic rings. The fourth-order valence-electron chi connectivity index (χ4n) is 3.18. The van der Waals surface area contributed by atoms with E-state index >= 15 is 0 Å². The van der Waals surface area contributed by atoms with Crippen LogP contribution in [-0.4, -0.2) is 31.4 Å². The summed E-state index contributed by atoms with van der Waals surface area (Å²) in [4.78, 5) is 0. The standard InChI is InChI=1S/C18H29NO2/c1-5-18(3)13-16(10-11-21-18)19-14(2)12-15-8-6-7-9-17(15)20-4/h6-9,14,16,19H,5,10-13H2,1-4H3. The molecule has 0 aliphatic carbocycles. The molecular weight excluding hydrogens is 262 g/mol. The van der Waals surface area contributed by atoms with E-state index in [4.69, 9.17) is 9.47 Å². The van der Waals surface area contributed by atoms with Crippen LogP contribution in [-0.2, 0) is 11.2 Å². The van der Waals surface area contributed by atoms with Crippen molar-refractivity contribution in [1.29, 1.82) is 0 Å². The number of hydrogen-bond donors (Lipinski definition) is 1. The van der Waals surface area contributed by atoms with E-state index < -0.39 is 0 Å². The Balaban J connectivity index is 1.91. The topological polar surface area (TPSA) is 30.5 Å². The average Bonchev–Trinajstić information content (AvgIpc) is 2.48. The molecule has 3 unspecified atom stereocenters. The Hall–Kier alpha value is -1.06. The van der Waals surface area contributed by atoms with Crippen molar-refractivity contribution in [1.82, 2.24) is 5.32 Å². The summed E-state index contributed by atoms with van der Waals surface area (Å²) in [5.41, 5.74) is 1.31. The maximum absolute atomic E-state index is 5.92. The van der Waals surface area contributed by atoms with Crippen LogP contribution in [0.2, 0.25) is 0 Å². The van der Waals surface area contributed by atoms with Crippen molar-refractivity contribution < 1.29 is 9.47 Å². The second-order valence-corrected chi connectivity index (χ2v) is 6.43. The molecule has 0 bridgehead atoms. The first-order valence-corrected chi connectivity index (χ1v) is 8.08. The van der Waals surface area contributed by atoms with Gasteiger partial charge in [-0.1, -0.05) is 25.1 Å². The molecule has 0 spiro atoms. The van der Waals surface area contributed by atoms with Gasteiger partial charge in [-0.25, -0.2) is 0 Å². The predicted octanol–water partition coefficient (Wildman–Crippen LogP) is 3.56. The van der Waals surface area contributed by atoms with Crippen LogP contribution in [0, 0.1) is 0 Å². The highest BCUT2D eigenvalue weighted by Crippen LogP contribution is 2.28. The lowest BCUT2D eigenvalue weighted by molar-refractivity contribution is -0.0788. The summed E-state index contributed by atoms with van der Waals surface area (Å²) in [6.07, 6.45) is 4.27. The summed E-state index contributed by atoms with van der Waals surface area (Å²) in [7, 11) is 1.74. The smallest absolute Gasteiger partial charge is 0.122 e. The van der Waals surface area contributed by atoms with Crippen LogP contribution in [0.5, 0.6) is 5.75 Å². The molecule has 1 aromatic rings. The van der Waals surface area contributed by atoms with E-state index in [1.165, 1.54) is 5.56 Å². The van der Waals surface area contributed by atoms with Gasteiger partial charge in [0.1, 0.15) is 5.75 Å². The molecule has 0 saturated carbocycles. The van der Waals surface area contributed by atoms with Crippen LogP contribution in [0.1, 0.15) is 45.6 Å². The van der Waals surface area contributed by atoms with Gasteiger partial charge in [-0.15, -0.1) is 0 Å². The van der Waals surface area contributed by atoms with Gasteiger partial charge in [0.05, 0.1) is 12.7 Å². The first-order valence-electron chi connectivity index (χ1n) is 8.08. The molecule has 21 heavy (non-hydrogen) atoms. The van der Waals surface area contributed by atoms with Gasteiger partial charge in [-0.2, -0.15) is 0 Å². The average molecular weight is 291 g/mol. The number of ether oxygens (including phenoxy) is 2. The van der Waals surface area contributed by atoms with Crippen LogP contribution in [0.15, 0.2) is 24.3 Å². The van der Waals surface area contributed by atoms with Gasteiger partial charge in [0.15, 0.2) is 0 Å². The number of methoxy groups -OCH3 is 1. The third-order valence-electron chi connectivity index (χ3n) is 4.58. The van der Waals surface area contributed by atoms with Crippen LogP contribution in [0.4, 0.5) is 0 Å². The minimum absolute atomic E-state index is 0.0417. The molecule has 1 heterocycles. The lowest BCUT2D eigenvalue weighted by Gasteiger charge is -2.39. The molecule has 3 atom stereocenters. The largest absolute Gasteiger partial charge is 0.496 e. The van der Waals surface area contributed by atoms with Crippen molar-refractivity contribution in [3.63, 3.8) is 0 Å². The number of nitrogens with one attached hydrogen (secondary N) is 1. The Morgan fingerprint density at radius 2 is 2.19 bits per heavy atom. The third kappa shape index (κ3) is 4.45. The zero-order valence-corrected chi connectivity index (χ0v) is 13.8. The fraction of sp³-hybridized carbons (Fsp3) is 0.667. The summed E-state index contributed by atoms with van der Waals surface area (Å²) in [6, 6.07) is 9.26. The van der Waals surface area contributed by atoms with Crippen LogP contribution >= 0.6 is 0 Å². The Morgan fingerprint density at radius 1 is 1.43 bits per heavy atom. The van der Waals surface area contributed by atoms with Crippen molar-refractivity contribution >= 4 is 0 Å². The highest BCUT2D eigenvalue weighted by atomic mass is 16.5. The highest BCUT2D eigenvalue weighted by molar-refractivity contribution is 5.33. The summed E-state index contributed by atoms with van der Waals surface area (Å²) < 4.78 is 11.4.